The van der Waals surface area contributed by atoms with Crippen LogP contribution in [0.15, 0.2) is 65.8 Å². The molecule has 7 atom stereocenters. The second-order valence-electron chi connectivity index (χ2n) is 17.2. The highest BCUT2D eigenvalue weighted by molar-refractivity contribution is 5.95. The van der Waals surface area contributed by atoms with Gasteiger partial charge in [-0.1, -0.05) is 64.1 Å². The Morgan fingerprint density at radius 1 is 0.836 bits per heavy atom. The third kappa shape index (κ3) is 8.29. The van der Waals surface area contributed by atoms with E-state index < -0.39 is 24.3 Å². The zero-order valence-electron chi connectivity index (χ0n) is 35.7. The summed E-state index contributed by atoms with van der Waals surface area (Å²) in [5.41, 5.74) is 5.05. The van der Waals surface area contributed by atoms with Crippen molar-refractivity contribution >= 4 is 40.7 Å². The number of amidine groups is 1. The number of hydrogen-bond donors (Lipinski definition) is 4. The van der Waals surface area contributed by atoms with E-state index >= 15 is 0 Å². The predicted octanol–water partition coefficient (Wildman–Crippen LogP) is 5.31. The molecule has 2 aromatic carbocycles. The first-order valence-corrected chi connectivity index (χ1v) is 21.5. The molecule has 8 rings (SSSR count). The van der Waals surface area contributed by atoms with Crippen LogP contribution in [0.1, 0.15) is 82.7 Å². The highest BCUT2D eigenvalue weighted by Gasteiger charge is 2.43. The molecule has 2 fully saturated rings. The van der Waals surface area contributed by atoms with Crippen LogP contribution >= 0.6 is 0 Å². The van der Waals surface area contributed by atoms with Crippen molar-refractivity contribution in [3.8, 4) is 11.3 Å². The van der Waals surface area contributed by atoms with Gasteiger partial charge in [0, 0.05) is 41.7 Å². The lowest BCUT2D eigenvalue weighted by Gasteiger charge is -2.37. The van der Waals surface area contributed by atoms with E-state index in [0.717, 1.165) is 64.9 Å². The van der Waals surface area contributed by atoms with Gasteiger partial charge >= 0.3 is 12.2 Å². The highest BCUT2D eigenvalue weighted by atomic mass is 16.5. The molecule has 16 heteroatoms. The van der Waals surface area contributed by atoms with Crippen LogP contribution in [0.25, 0.3) is 22.2 Å². The Morgan fingerprint density at radius 3 is 2.11 bits per heavy atom. The fourth-order valence-electron chi connectivity index (χ4n) is 9.39. The number of H-pyrrole nitrogens is 1. The topological polar surface area (TPSA) is 185 Å². The number of nitrogens with zero attached hydrogens (tertiary/aromatic N) is 5. The Hall–Kier alpha value is -5.90. The van der Waals surface area contributed by atoms with Crippen molar-refractivity contribution in [3.05, 3.63) is 77.9 Å². The Morgan fingerprint density at radius 2 is 1.48 bits per heavy atom. The Balaban J connectivity index is 1.01. The number of methoxy groups -OCH3 is 2. The molecule has 4 N–H and O–H groups in total. The summed E-state index contributed by atoms with van der Waals surface area (Å²) in [5, 5.41) is 10.2. The minimum atomic E-state index is -0.706. The maximum Gasteiger partial charge on any atom is 0.407 e. The van der Waals surface area contributed by atoms with Crippen LogP contribution in [0.4, 0.5) is 9.59 Å². The Labute approximate surface area is 355 Å². The minimum absolute atomic E-state index is 0.104. The molecule has 0 saturated carbocycles. The van der Waals surface area contributed by atoms with Crippen LogP contribution in [-0.2, 0) is 30.2 Å². The number of hydrogen-bond acceptors (Lipinski definition) is 10. The molecule has 4 amide bonds. The molecule has 0 aliphatic carbocycles. The van der Waals surface area contributed by atoms with Gasteiger partial charge in [-0.3, -0.25) is 14.6 Å². The van der Waals surface area contributed by atoms with Crippen LogP contribution < -0.4 is 16.0 Å². The van der Waals surface area contributed by atoms with Crippen molar-refractivity contribution < 1.29 is 33.4 Å². The smallest absolute Gasteiger partial charge is 0.407 e. The van der Waals surface area contributed by atoms with Gasteiger partial charge in [-0.05, 0) is 55.7 Å². The molecule has 2 aromatic heterocycles. The number of likely N-dealkylation sites (tertiary alicyclic amines) is 2. The summed E-state index contributed by atoms with van der Waals surface area (Å²) in [5.74, 6) is 0.978. The summed E-state index contributed by atoms with van der Waals surface area (Å²) in [6, 6.07) is 16.9. The van der Waals surface area contributed by atoms with Gasteiger partial charge in [0.15, 0.2) is 6.23 Å². The lowest BCUT2D eigenvalue weighted by molar-refractivity contribution is -0.135. The first kappa shape index (κ1) is 41.8. The number of ether oxygens (including phenoxy) is 3. The molecule has 4 aliphatic rings. The van der Waals surface area contributed by atoms with Gasteiger partial charge in [-0.2, -0.15) is 0 Å². The standard InChI is InChI=1S/C45H57N9O7/c1-25(2)37(50-44(57)59-5)41(55)52-18-10-14-34(52)39-46-23-31(48-39)28-16-17-33-29(20-28)21-30-22-36(61-43(54(30)33)27-12-8-7-9-13-27)32-24-47-40(49-32)35-15-11-19-53(35)42(56)38(26(3)4)51-45(58)60-6/h7-9,12-13,16-17,20-21,23,25-26,32,34-38,43H,10-11,14-15,18-19,22,24H2,1-6H3,(H,46,48)(H,47,49)(H,50,57)(H,51,58)/t32?,34-,35-,36?,37-,38-,43-/m0/s1. The molecule has 2 saturated heterocycles. The number of carbonyl (C=O) groups is 4. The number of aromatic amines is 1. The van der Waals surface area contributed by atoms with Crippen LogP contribution in [0.2, 0.25) is 0 Å². The van der Waals surface area contributed by atoms with Gasteiger partial charge in [-0.15, -0.1) is 0 Å². The summed E-state index contributed by atoms with van der Waals surface area (Å²) in [7, 11) is 2.59. The SMILES string of the molecule is COC(=O)N[C@H](C(=O)N1CCC[C@H]1C1=NCC(C2Cc3cc4cc(-c5cnc([C@@H]6CCCN6C(=O)[C@@H](NC(=O)OC)C(C)C)[nH]5)ccc4n3[C@H](c3ccccc3)O2)N1)C(C)C. The molecule has 2 unspecified atom stereocenters. The van der Waals surface area contributed by atoms with Crippen LogP contribution in [0.3, 0.4) is 0 Å². The van der Waals surface area contributed by atoms with Gasteiger partial charge < -0.3 is 49.5 Å². The number of benzene rings is 2. The second kappa shape index (κ2) is 17.6. The molecule has 16 nitrogen and oxygen atoms in total. The average Bonchev–Trinajstić information content (AvgIpc) is 4.12. The average molecular weight is 836 g/mol. The fraction of sp³-hybridized carbons (Fsp3) is 0.511. The summed E-state index contributed by atoms with van der Waals surface area (Å²) in [4.78, 5) is 68.7. The second-order valence-corrected chi connectivity index (χ2v) is 17.2. The van der Waals surface area contributed by atoms with E-state index in [1.807, 2.05) is 61.9 Å². The highest BCUT2D eigenvalue weighted by Crippen LogP contribution is 2.39. The van der Waals surface area contributed by atoms with Gasteiger partial charge in [-0.25, -0.2) is 14.6 Å². The first-order valence-electron chi connectivity index (χ1n) is 21.5. The van der Waals surface area contributed by atoms with E-state index in [4.69, 9.17) is 24.2 Å². The summed E-state index contributed by atoms with van der Waals surface area (Å²) in [6.45, 7) is 9.32. The van der Waals surface area contributed by atoms with E-state index in [-0.39, 0.29) is 54.1 Å². The molecule has 4 aromatic rings. The molecule has 0 radical (unpaired) electrons. The number of carbonyl (C=O) groups excluding carboxylic acids is 4. The molecule has 6 heterocycles. The molecule has 324 valence electrons. The van der Waals surface area contributed by atoms with Gasteiger partial charge in [0.05, 0.1) is 62.4 Å². The number of aromatic nitrogens is 3. The van der Waals surface area contributed by atoms with Crippen molar-refractivity contribution in [3.63, 3.8) is 0 Å². The number of amides is 4. The van der Waals surface area contributed by atoms with Crippen LogP contribution in [0.5, 0.6) is 0 Å². The molecule has 0 bridgehead atoms. The lowest BCUT2D eigenvalue weighted by atomic mass is 10.0. The number of rotatable bonds is 11. The maximum absolute atomic E-state index is 13.8. The molecule has 61 heavy (non-hydrogen) atoms. The van der Waals surface area contributed by atoms with Crippen molar-refractivity contribution in [2.45, 2.75) is 102 Å². The third-order valence-electron chi connectivity index (χ3n) is 12.6. The molecular weight excluding hydrogens is 779 g/mol. The molecular formula is C45H57N9O7. The van der Waals surface area contributed by atoms with E-state index in [0.29, 0.717) is 31.9 Å². The summed E-state index contributed by atoms with van der Waals surface area (Å²) >= 11 is 0. The third-order valence-corrected chi connectivity index (χ3v) is 12.6. The van der Waals surface area contributed by atoms with Crippen molar-refractivity contribution in [1.29, 1.82) is 0 Å². The fourth-order valence-corrected chi connectivity index (χ4v) is 9.39. The van der Waals surface area contributed by atoms with E-state index in [1.165, 1.54) is 14.2 Å². The zero-order chi connectivity index (χ0) is 42.9. The van der Waals surface area contributed by atoms with E-state index in [2.05, 4.69) is 61.9 Å². The predicted molar refractivity (Wildman–Crippen MR) is 229 cm³/mol. The van der Waals surface area contributed by atoms with Crippen molar-refractivity contribution in [1.82, 2.24) is 40.3 Å². The normalized spacial score (nSPS) is 23.4. The largest absolute Gasteiger partial charge is 0.453 e. The Kier molecular flexibility index (Phi) is 12.1. The Bertz CT molecular complexity index is 2290. The quantitative estimate of drug-likeness (QED) is 0.156. The van der Waals surface area contributed by atoms with E-state index in [1.54, 1.807) is 0 Å². The van der Waals surface area contributed by atoms with Crippen LogP contribution in [-0.4, -0.2) is 118 Å². The van der Waals surface area contributed by atoms with Gasteiger partial charge in [0.25, 0.3) is 0 Å². The lowest BCUT2D eigenvalue weighted by Crippen LogP contribution is -2.56. The molecule has 0 spiro atoms. The zero-order valence-corrected chi connectivity index (χ0v) is 35.7. The molecule has 4 aliphatic heterocycles. The number of fused-ring (bicyclic) bond motifs is 3. The van der Waals surface area contributed by atoms with Crippen molar-refractivity contribution in [2.24, 2.45) is 16.8 Å². The number of imidazole rings is 1. The number of alkyl carbamates (subject to hydrolysis) is 2. The van der Waals surface area contributed by atoms with Gasteiger partial charge in [0.1, 0.15) is 23.7 Å². The van der Waals surface area contributed by atoms with E-state index in [9.17, 15) is 19.2 Å². The number of aliphatic imine (C=N–C) groups is 1. The van der Waals surface area contributed by atoms with Gasteiger partial charge in [0.2, 0.25) is 11.8 Å². The minimum Gasteiger partial charge on any atom is -0.453 e. The van der Waals surface area contributed by atoms with Crippen LogP contribution in [0, 0.1) is 11.8 Å². The summed E-state index contributed by atoms with van der Waals surface area (Å²) < 4.78 is 18.9. The maximum atomic E-state index is 13.8. The first-order chi connectivity index (χ1) is 29.4. The van der Waals surface area contributed by atoms with Crippen molar-refractivity contribution in [2.75, 3.05) is 33.9 Å². The monoisotopic (exact) mass is 835 g/mol. The summed E-state index contributed by atoms with van der Waals surface area (Å²) in [6.07, 6.45) is 3.87. The number of nitrogens with one attached hydrogen (secondary N) is 4.